The van der Waals surface area contributed by atoms with Crippen molar-refractivity contribution in [2.45, 2.75) is 51.9 Å². The Morgan fingerprint density at radius 1 is 1.08 bits per heavy atom. The number of rotatable bonds is 8. The molecule has 0 unspecified atom stereocenters. The van der Waals surface area contributed by atoms with Crippen LogP contribution in [-0.4, -0.2) is 42.3 Å². The molecule has 3 aromatic heterocycles. The van der Waals surface area contributed by atoms with Crippen molar-refractivity contribution in [1.29, 1.82) is 0 Å². The van der Waals surface area contributed by atoms with Crippen molar-refractivity contribution in [2.75, 3.05) is 11.9 Å². The Balaban J connectivity index is 1.34. The lowest BCUT2D eigenvalue weighted by atomic mass is 9.87. The van der Waals surface area contributed by atoms with Crippen LogP contribution in [0.3, 0.4) is 0 Å². The first-order valence-corrected chi connectivity index (χ1v) is 12.6. The fraction of sp³-hybridized carbons (Fsp3) is 0.407. The number of hydrogen-bond acceptors (Lipinski definition) is 7. The molecular weight excluding hydrogens is 456 g/mol. The highest BCUT2D eigenvalue weighted by Crippen LogP contribution is 2.32. The second-order valence-electron chi connectivity index (χ2n) is 9.40. The summed E-state index contributed by atoms with van der Waals surface area (Å²) in [6, 6.07) is 13.1. The minimum Gasteiger partial charge on any atom is -0.473 e. The van der Waals surface area contributed by atoms with Gasteiger partial charge in [0.25, 0.3) is 5.56 Å². The summed E-state index contributed by atoms with van der Waals surface area (Å²) < 4.78 is 9.48. The Labute approximate surface area is 209 Å². The van der Waals surface area contributed by atoms with Gasteiger partial charge in [-0.15, -0.1) is 5.10 Å². The average molecular weight is 489 g/mol. The zero-order chi connectivity index (χ0) is 25.1. The second-order valence-corrected chi connectivity index (χ2v) is 9.40. The van der Waals surface area contributed by atoms with E-state index in [4.69, 9.17) is 9.84 Å². The predicted octanol–water partition coefficient (Wildman–Crippen LogP) is 3.75. The summed E-state index contributed by atoms with van der Waals surface area (Å²) >= 11 is 0. The molecule has 188 valence electrons. The third-order valence-electron chi connectivity index (χ3n) is 6.85. The van der Waals surface area contributed by atoms with Crippen molar-refractivity contribution in [1.82, 2.24) is 24.5 Å². The Bertz CT molecular complexity index is 1390. The van der Waals surface area contributed by atoms with E-state index in [1.165, 1.54) is 10.7 Å². The Kier molecular flexibility index (Phi) is 6.99. The molecule has 2 N–H and O–H groups in total. The van der Waals surface area contributed by atoms with Gasteiger partial charge in [0, 0.05) is 55.5 Å². The molecule has 1 aliphatic rings. The monoisotopic (exact) mass is 488 g/mol. The number of hydrogen-bond donors (Lipinski definition) is 2. The highest BCUT2D eigenvalue weighted by atomic mass is 16.5. The van der Waals surface area contributed by atoms with Crippen molar-refractivity contribution >= 4 is 16.7 Å². The molecule has 5 rings (SSSR count). The topological polar surface area (TPSA) is 107 Å². The maximum atomic E-state index is 11.6. The molecule has 0 radical (unpaired) electrons. The summed E-state index contributed by atoms with van der Waals surface area (Å²) in [5, 5.41) is 23.0. The van der Waals surface area contributed by atoms with E-state index >= 15 is 0 Å². The fourth-order valence-corrected chi connectivity index (χ4v) is 4.86. The maximum Gasteiger partial charge on any atom is 0.266 e. The number of aromatic nitrogens is 5. The Morgan fingerprint density at radius 3 is 2.56 bits per heavy atom. The lowest BCUT2D eigenvalue weighted by Gasteiger charge is -2.28. The number of anilines is 1. The van der Waals surface area contributed by atoms with Crippen LogP contribution in [0.5, 0.6) is 5.88 Å². The lowest BCUT2D eigenvalue weighted by molar-refractivity contribution is 0.117. The number of fused-ring (bicyclic) bond motifs is 1. The largest absolute Gasteiger partial charge is 0.473 e. The van der Waals surface area contributed by atoms with E-state index in [9.17, 15) is 9.90 Å². The Hall–Kier alpha value is -3.72. The molecule has 0 bridgehead atoms. The van der Waals surface area contributed by atoms with Gasteiger partial charge >= 0.3 is 0 Å². The number of nitrogens with one attached hydrogen (secondary N) is 1. The molecule has 0 amide bonds. The lowest BCUT2D eigenvalue weighted by Crippen LogP contribution is -2.28. The predicted molar refractivity (Wildman–Crippen MR) is 139 cm³/mol. The molecule has 3 heterocycles. The van der Waals surface area contributed by atoms with Crippen LogP contribution in [0.15, 0.2) is 53.5 Å². The summed E-state index contributed by atoms with van der Waals surface area (Å²) in [6.07, 6.45) is 5.94. The first kappa shape index (κ1) is 24.0. The second kappa shape index (κ2) is 10.5. The van der Waals surface area contributed by atoms with E-state index in [-0.39, 0.29) is 18.3 Å². The molecule has 9 nitrogen and oxygen atoms in total. The fourth-order valence-electron chi connectivity index (χ4n) is 4.86. The minimum absolute atomic E-state index is 0.0217. The summed E-state index contributed by atoms with van der Waals surface area (Å²) in [5.41, 5.74) is 3.71. The van der Waals surface area contributed by atoms with Crippen molar-refractivity contribution in [2.24, 2.45) is 13.0 Å². The van der Waals surface area contributed by atoms with Crippen molar-refractivity contribution in [3.05, 3.63) is 64.6 Å². The van der Waals surface area contributed by atoms with E-state index in [0.717, 1.165) is 72.3 Å². The SMILES string of the molecule is CCNc1cc2c(cn1)c(-c1ccc(CO)cc1)nn2CC1CCC(Oc2ccc(=O)n(C)n2)CC1. The van der Waals surface area contributed by atoms with Crippen LogP contribution in [0.25, 0.3) is 22.2 Å². The summed E-state index contributed by atoms with van der Waals surface area (Å²) in [5.74, 6) is 1.83. The van der Waals surface area contributed by atoms with Gasteiger partial charge in [-0.2, -0.15) is 5.10 Å². The molecule has 0 saturated heterocycles. The number of nitrogens with zero attached hydrogens (tertiary/aromatic N) is 5. The molecule has 0 aliphatic heterocycles. The normalized spacial score (nSPS) is 17.9. The zero-order valence-electron chi connectivity index (χ0n) is 20.7. The highest BCUT2D eigenvalue weighted by molar-refractivity contribution is 5.93. The number of ether oxygens (including phenoxy) is 1. The van der Waals surface area contributed by atoms with Gasteiger partial charge in [0.05, 0.1) is 12.1 Å². The summed E-state index contributed by atoms with van der Waals surface area (Å²) in [4.78, 5) is 16.2. The molecule has 0 atom stereocenters. The molecule has 1 fully saturated rings. The van der Waals surface area contributed by atoms with Gasteiger partial charge in [0.2, 0.25) is 5.88 Å². The summed E-state index contributed by atoms with van der Waals surface area (Å²) in [6.45, 7) is 3.71. The van der Waals surface area contributed by atoms with Crippen LogP contribution >= 0.6 is 0 Å². The molecule has 4 aromatic rings. The number of aliphatic hydroxyl groups excluding tert-OH is 1. The highest BCUT2D eigenvalue weighted by Gasteiger charge is 2.25. The third kappa shape index (κ3) is 5.11. The molecule has 0 spiro atoms. The van der Waals surface area contributed by atoms with Gasteiger partial charge in [-0.05, 0) is 44.1 Å². The smallest absolute Gasteiger partial charge is 0.266 e. The minimum atomic E-state index is -0.145. The van der Waals surface area contributed by atoms with E-state index in [2.05, 4.69) is 33.1 Å². The molecule has 1 saturated carbocycles. The van der Waals surface area contributed by atoms with Gasteiger partial charge in [-0.25, -0.2) is 9.67 Å². The van der Waals surface area contributed by atoms with E-state index in [1.54, 1.807) is 13.1 Å². The zero-order valence-corrected chi connectivity index (χ0v) is 20.7. The average Bonchev–Trinajstić information content (AvgIpc) is 3.25. The number of benzene rings is 1. The van der Waals surface area contributed by atoms with Crippen molar-refractivity contribution in [3.8, 4) is 17.1 Å². The number of aliphatic hydroxyl groups is 1. The third-order valence-corrected chi connectivity index (χ3v) is 6.85. The molecular formula is C27H32N6O3. The van der Waals surface area contributed by atoms with Gasteiger partial charge in [-0.3, -0.25) is 9.48 Å². The van der Waals surface area contributed by atoms with E-state index < -0.39 is 0 Å². The Morgan fingerprint density at radius 2 is 1.86 bits per heavy atom. The first-order chi connectivity index (χ1) is 17.5. The van der Waals surface area contributed by atoms with Crippen molar-refractivity contribution < 1.29 is 9.84 Å². The van der Waals surface area contributed by atoms with Gasteiger partial charge in [0.1, 0.15) is 17.6 Å². The van der Waals surface area contributed by atoms with Crippen LogP contribution in [0.2, 0.25) is 0 Å². The molecule has 1 aromatic carbocycles. The van der Waals surface area contributed by atoms with Crippen LogP contribution in [0.4, 0.5) is 5.82 Å². The van der Waals surface area contributed by atoms with Crippen LogP contribution in [0, 0.1) is 5.92 Å². The van der Waals surface area contributed by atoms with E-state index in [1.807, 2.05) is 30.5 Å². The van der Waals surface area contributed by atoms with Crippen LogP contribution in [-0.2, 0) is 20.2 Å². The number of aryl methyl sites for hydroxylation is 1. The number of pyridine rings is 1. The van der Waals surface area contributed by atoms with E-state index in [0.29, 0.717) is 11.8 Å². The molecule has 36 heavy (non-hydrogen) atoms. The molecule has 1 aliphatic carbocycles. The van der Waals surface area contributed by atoms with Crippen molar-refractivity contribution in [3.63, 3.8) is 0 Å². The van der Waals surface area contributed by atoms with Crippen LogP contribution < -0.4 is 15.6 Å². The first-order valence-electron chi connectivity index (χ1n) is 12.6. The standard InChI is InChI=1S/C27H32N6O3/c1-3-28-24-14-23-22(15-29-24)27(20-8-4-19(17-34)5-9-20)31-33(23)16-18-6-10-21(11-7-18)36-25-12-13-26(35)32(2)30-25/h4-5,8-9,12-15,18,21,34H,3,6-7,10-11,16-17H2,1-2H3,(H,28,29). The van der Waals surface area contributed by atoms with Gasteiger partial charge in [0.15, 0.2) is 0 Å². The van der Waals surface area contributed by atoms with Gasteiger partial charge < -0.3 is 15.2 Å². The summed E-state index contributed by atoms with van der Waals surface area (Å²) in [7, 11) is 1.63. The van der Waals surface area contributed by atoms with Gasteiger partial charge in [-0.1, -0.05) is 24.3 Å². The van der Waals surface area contributed by atoms with Crippen LogP contribution in [0.1, 0.15) is 38.2 Å². The molecule has 9 heteroatoms. The maximum absolute atomic E-state index is 11.6. The quantitative estimate of drug-likeness (QED) is 0.389.